The third kappa shape index (κ3) is 5.54. The molecule has 2 aromatic rings. The van der Waals surface area contributed by atoms with Crippen molar-refractivity contribution in [3.05, 3.63) is 48.0 Å². The normalized spacial score (nSPS) is 10.8. The molecule has 0 fully saturated rings. The molecule has 0 unspecified atom stereocenters. The van der Waals surface area contributed by atoms with Crippen LogP contribution in [0.4, 0.5) is 8.78 Å². The Kier molecular flexibility index (Phi) is 8.07. The van der Waals surface area contributed by atoms with Crippen LogP contribution in [0.1, 0.15) is 45.4 Å². The van der Waals surface area contributed by atoms with Crippen molar-refractivity contribution in [3.8, 4) is 16.9 Å². The summed E-state index contributed by atoms with van der Waals surface area (Å²) in [6.45, 7) is 2.53. The van der Waals surface area contributed by atoms with Crippen molar-refractivity contribution >= 4 is 12.6 Å². The van der Waals surface area contributed by atoms with E-state index in [1.807, 2.05) is 0 Å². The molecule has 26 heavy (non-hydrogen) atoms. The highest BCUT2D eigenvalue weighted by Gasteiger charge is 2.17. The first-order valence-corrected chi connectivity index (χ1v) is 9.11. The van der Waals surface area contributed by atoms with Crippen molar-refractivity contribution in [1.29, 1.82) is 0 Å². The molecule has 2 N–H and O–H groups in total. The summed E-state index contributed by atoms with van der Waals surface area (Å²) in [5, 5.41) is 18.2. The van der Waals surface area contributed by atoms with Gasteiger partial charge in [-0.05, 0) is 29.6 Å². The van der Waals surface area contributed by atoms with Gasteiger partial charge in [0.25, 0.3) is 0 Å². The Hall–Kier alpha value is -1.92. The zero-order valence-corrected chi connectivity index (χ0v) is 15.0. The second-order valence-electron chi connectivity index (χ2n) is 6.35. The van der Waals surface area contributed by atoms with Crippen molar-refractivity contribution < 1.29 is 23.6 Å². The highest BCUT2D eigenvalue weighted by Crippen LogP contribution is 2.29. The Morgan fingerprint density at radius 3 is 2.15 bits per heavy atom. The maximum Gasteiger partial charge on any atom is 0.488 e. The third-order valence-electron chi connectivity index (χ3n) is 4.32. The Morgan fingerprint density at radius 1 is 0.846 bits per heavy atom. The van der Waals surface area contributed by atoms with E-state index in [9.17, 15) is 8.78 Å². The molecule has 0 bridgehead atoms. The van der Waals surface area contributed by atoms with Crippen LogP contribution in [0.5, 0.6) is 5.75 Å². The molecule has 2 aromatic carbocycles. The van der Waals surface area contributed by atoms with Gasteiger partial charge in [-0.3, -0.25) is 0 Å². The summed E-state index contributed by atoms with van der Waals surface area (Å²) in [4.78, 5) is 0. The van der Waals surface area contributed by atoms with Gasteiger partial charge in [0.15, 0.2) is 11.6 Å². The molecule has 0 aromatic heterocycles. The number of hydrogen-bond donors (Lipinski definition) is 2. The summed E-state index contributed by atoms with van der Waals surface area (Å²) >= 11 is 0. The van der Waals surface area contributed by atoms with Gasteiger partial charge in [-0.15, -0.1) is 0 Å². The highest BCUT2D eigenvalue weighted by atomic mass is 19.2. The highest BCUT2D eigenvalue weighted by molar-refractivity contribution is 6.58. The second kappa shape index (κ2) is 10.3. The lowest BCUT2D eigenvalue weighted by Crippen LogP contribution is -2.29. The fourth-order valence-electron chi connectivity index (χ4n) is 2.77. The van der Waals surface area contributed by atoms with E-state index in [4.69, 9.17) is 14.8 Å². The van der Waals surface area contributed by atoms with Gasteiger partial charge >= 0.3 is 7.12 Å². The molecule has 0 aliphatic heterocycles. The molecule has 0 amide bonds. The van der Waals surface area contributed by atoms with Crippen LogP contribution in [-0.4, -0.2) is 23.8 Å². The van der Waals surface area contributed by atoms with E-state index in [1.165, 1.54) is 55.7 Å². The molecule has 0 radical (unpaired) electrons. The van der Waals surface area contributed by atoms with Crippen molar-refractivity contribution in [2.75, 3.05) is 6.61 Å². The lowest BCUT2D eigenvalue weighted by atomic mass is 9.80. The van der Waals surface area contributed by atoms with Crippen molar-refractivity contribution in [2.24, 2.45) is 0 Å². The van der Waals surface area contributed by atoms with Gasteiger partial charge in [0.1, 0.15) is 0 Å². The van der Waals surface area contributed by atoms with E-state index >= 15 is 0 Å². The first-order chi connectivity index (χ1) is 12.5. The van der Waals surface area contributed by atoms with Gasteiger partial charge in [0.05, 0.1) is 6.61 Å². The molecule has 0 saturated carbocycles. The molecular formula is C20H25BF2O3. The zero-order chi connectivity index (χ0) is 18.9. The first-order valence-electron chi connectivity index (χ1n) is 9.11. The van der Waals surface area contributed by atoms with Crippen LogP contribution in [0.3, 0.4) is 0 Å². The van der Waals surface area contributed by atoms with E-state index in [1.54, 1.807) is 0 Å². The van der Waals surface area contributed by atoms with E-state index in [0.29, 0.717) is 12.2 Å². The maximum absolute atomic E-state index is 14.4. The molecule has 0 heterocycles. The van der Waals surface area contributed by atoms with Crippen molar-refractivity contribution in [3.63, 3.8) is 0 Å². The van der Waals surface area contributed by atoms with E-state index < -0.39 is 18.8 Å². The lowest BCUT2D eigenvalue weighted by molar-refractivity contribution is 0.285. The number of benzene rings is 2. The molecule has 0 saturated heterocycles. The third-order valence-corrected chi connectivity index (χ3v) is 4.32. The van der Waals surface area contributed by atoms with E-state index in [2.05, 4.69) is 6.92 Å². The predicted molar refractivity (Wildman–Crippen MR) is 100 cm³/mol. The number of ether oxygens (including phenoxy) is 1. The van der Waals surface area contributed by atoms with Crippen molar-refractivity contribution in [2.45, 2.75) is 45.4 Å². The molecule has 2 rings (SSSR count). The first kappa shape index (κ1) is 20.4. The van der Waals surface area contributed by atoms with Crippen LogP contribution in [-0.2, 0) is 0 Å². The van der Waals surface area contributed by atoms with Gasteiger partial charge in [-0.1, -0.05) is 63.3 Å². The Bertz CT molecular complexity index is 690. The Balaban J connectivity index is 1.97. The van der Waals surface area contributed by atoms with Gasteiger partial charge in [-0.25, -0.2) is 4.39 Å². The molecule has 0 spiro atoms. The monoisotopic (exact) mass is 362 g/mol. The summed E-state index contributed by atoms with van der Waals surface area (Å²) < 4.78 is 34.0. The van der Waals surface area contributed by atoms with E-state index in [0.717, 1.165) is 19.3 Å². The molecule has 0 aliphatic rings. The van der Waals surface area contributed by atoms with Crippen LogP contribution in [0, 0.1) is 11.6 Å². The van der Waals surface area contributed by atoms with Gasteiger partial charge in [-0.2, -0.15) is 4.39 Å². The quantitative estimate of drug-likeness (QED) is 0.495. The van der Waals surface area contributed by atoms with Gasteiger partial charge in [0.2, 0.25) is 5.82 Å². The van der Waals surface area contributed by atoms with Crippen molar-refractivity contribution in [1.82, 2.24) is 0 Å². The standard InChI is InChI=1S/C20H25BF2O3/c1-2-3-4-5-6-7-14-26-18-13-12-17(19(22)20(18)23)15-8-10-16(11-9-15)21(24)25/h8-13,24-25H,2-7,14H2,1H3. The summed E-state index contributed by atoms with van der Waals surface area (Å²) in [6, 6.07) is 8.85. The second-order valence-corrected chi connectivity index (χ2v) is 6.35. The minimum absolute atomic E-state index is 0.0813. The minimum Gasteiger partial charge on any atom is -0.490 e. The minimum atomic E-state index is -1.59. The van der Waals surface area contributed by atoms with Crippen LogP contribution >= 0.6 is 0 Å². The SMILES string of the molecule is CCCCCCCCOc1ccc(-c2ccc(B(O)O)cc2)c(F)c1F. The summed E-state index contributed by atoms with van der Waals surface area (Å²) in [7, 11) is -1.59. The topological polar surface area (TPSA) is 49.7 Å². The summed E-state index contributed by atoms with van der Waals surface area (Å²) in [5.41, 5.74) is 0.843. The summed E-state index contributed by atoms with van der Waals surface area (Å²) in [6.07, 6.45) is 6.57. The zero-order valence-electron chi connectivity index (χ0n) is 15.0. The van der Waals surface area contributed by atoms with Gasteiger partial charge < -0.3 is 14.8 Å². The number of rotatable bonds is 10. The van der Waals surface area contributed by atoms with Crippen LogP contribution in [0.25, 0.3) is 11.1 Å². The molecule has 3 nitrogen and oxygen atoms in total. The predicted octanol–water partition coefficient (Wildman–Crippen LogP) is 4.05. The average Bonchev–Trinajstić information content (AvgIpc) is 2.64. The maximum atomic E-state index is 14.4. The fraction of sp³-hybridized carbons (Fsp3) is 0.400. The van der Waals surface area contributed by atoms with Crippen LogP contribution in [0.2, 0.25) is 0 Å². The molecule has 0 atom stereocenters. The molecule has 6 heteroatoms. The Morgan fingerprint density at radius 2 is 1.50 bits per heavy atom. The van der Waals surface area contributed by atoms with E-state index in [-0.39, 0.29) is 16.8 Å². The molecule has 0 aliphatic carbocycles. The van der Waals surface area contributed by atoms with Crippen LogP contribution in [0.15, 0.2) is 36.4 Å². The molecule has 140 valence electrons. The largest absolute Gasteiger partial charge is 0.490 e. The smallest absolute Gasteiger partial charge is 0.488 e. The van der Waals surface area contributed by atoms with Gasteiger partial charge in [0, 0.05) is 5.56 Å². The number of hydrogen-bond acceptors (Lipinski definition) is 3. The summed E-state index contributed by atoms with van der Waals surface area (Å²) in [5.74, 6) is -2.05. The number of unbranched alkanes of at least 4 members (excludes halogenated alkanes) is 5. The average molecular weight is 362 g/mol. The molecular weight excluding hydrogens is 337 g/mol. The lowest BCUT2D eigenvalue weighted by Gasteiger charge is -2.11. The fourth-order valence-corrected chi connectivity index (χ4v) is 2.77. The Labute approximate surface area is 153 Å². The number of halogens is 2. The van der Waals surface area contributed by atoms with Crippen LogP contribution < -0.4 is 10.2 Å².